The van der Waals surface area contributed by atoms with Crippen molar-refractivity contribution in [1.29, 1.82) is 0 Å². The van der Waals surface area contributed by atoms with Gasteiger partial charge in [-0.25, -0.2) is 4.39 Å². The third-order valence-electron chi connectivity index (χ3n) is 5.32. The molecule has 0 saturated carbocycles. The summed E-state index contributed by atoms with van der Waals surface area (Å²) < 4.78 is 30.5. The lowest BCUT2D eigenvalue weighted by atomic mass is 10.1. The molecule has 2 heterocycles. The van der Waals surface area contributed by atoms with Gasteiger partial charge in [0.15, 0.2) is 0 Å². The van der Waals surface area contributed by atoms with Crippen molar-refractivity contribution in [1.82, 2.24) is 14.9 Å². The number of methoxy groups -OCH3 is 1. The molecular weight excluding hydrogens is 435 g/mol. The smallest absolute Gasteiger partial charge is 0.319 e. The summed E-state index contributed by atoms with van der Waals surface area (Å²) in [6.45, 7) is 2.77. The highest BCUT2D eigenvalue weighted by atomic mass is 35.5. The van der Waals surface area contributed by atoms with Gasteiger partial charge in [-0.15, -0.1) is 0 Å². The quantitative estimate of drug-likeness (QED) is 0.490. The molecule has 0 spiro atoms. The van der Waals surface area contributed by atoms with Crippen molar-refractivity contribution in [3.8, 4) is 11.8 Å². The zero-order chi connectivity index (χ0) is 22.5. The molecule has 1 N–H and O–H groups in total. The Bertz CT molecular complexity index is 1080. The average molecular weight is 461 g/mol. The van der Waals surface area contributed by atoms with Crippen molar-refractivity contribution in [2.45, 2.75) is 18.9 Å². The van der Waals surface area contributed by atoms with Crippen LogP contribution in [-0.4, -0.2) is 61.4 Å². The maximum atomic E-state index is 13.6. The van der Waals surface area contributed by atoms with Crippen LogP contribution >= 0.6 is 11.6 Å². The Balaban J connectivity index is 1.64. The summed E-state index contributed by atoms with van der Waals surface area (Å²) in [5, 5.41) is 3.99. The summed E-state index contributed by atoms with van der Waals surface area (Å²) in [6, 6.07) is 10.3. The molecule has 0 radical (unpaired) electrons. The summed E-state index contributed by atoms with van der Waals surface area (Å²) >= 11 is 5.95. The number of benzene rings is 2. The van der Waals surface area contributed by atoms with Crippen molar-refractivity contribution < 1.29 is 18.6 Å². The van der Waals surface area contributed by atoms with Crippen molar-refractivity contribution in [3.63, 3.8) is 0 Å². The minimum absolute atomic E-state index is 0.0243. The molecule has 32 heavy (non-hydrogen) atoms. The number of fused-ring (bicyclic) bond motifs is 1. The van der Waals surface area contributed by atoms with Crippen LogP contribution in [0, 0.1) is 5.82 Å². The van der Waals surface area contributed by atoms with Crippen LogP contribution in [0.25, 0.3) is 10.9 Å². The van der Waals surface area contributed by atoms with E-state index in [-0.39, 0.29) is 17.1 Å². The standard InChI is InChI=1S/C23H26ClFN4O3/c1-29-9-7-16(8-10-29)32-17-4-6-21-18(14-17)22(28-23(27-21)31-12-11-30-2)26-15-3-5-20(25)19(24)13-15/h3-6,13-14,16H,7-12H2,1-2H3,(H,26,27,28). The van der Waals surface area contributed by atoms with Gasteiger partial charge in [0.1, 0.15) is 30.1 Å². The van der Waals surface area contributed by atoms with E-state index in [4.69, 9.17) is 25.8 Å². The largest absolute Gasteiger partial charge is 0.490 e. The Morgan fingerprint density at radius 2 is 1.94 bits per heavy atom. The molecule has 0 amide bonds. The third kappa shape index (κ3) is 5.56. The normalized spacial score (nSPS) is 15.1. The minimum Gasteiger partial charge on any atom is -0.490 e. The number of aromatic nitrogens is 2. The SMILES string of the molecule is COCCOc1nc(Nc2ccc(F)c(Cl)c2)c2cc(OC3CCN(C)CC3)ccc2n1. The van der Waals surface area contributed by atoms with Crippen LogP contribution in [0.4, 0.5) is 15.9 Å². The van der Waals surface area contributed by atoms with Gasteiger partial charge in [-0.3, -0.25) is 0 Å². The van der Waals surface area contributed by atoms with Crippen molar-refractivity contribution in [3.05, 3.63) is 47.2 Å². The Morgan fingerprint density at radius 1 is 1.12 bits per heavy atom. The molecule has 0 bridgehead atoms. The van der Waals surface area contributed by atoms with Crippen LogP contribution in [0.2, 0.25) is 5.02 Å². The monoisotopic (exact) mass is 460 g/mol. The van der Waals surface area contributed by atoms with E-state index in [1.165, 1.54) is 12.1 Å². The minimum atomic E-state index is -0.484. The maximum absolute atomic E-state index is 13.6. The van der Waals surface area contributed by atoms with Gasteiger partial charge in [0, 0.05) is 31.3 Å². The zero-order valence-electron chi connectivity index (χ0n) is 18.1. The molecule has 1 fully saturated rings. The number of rotatable bonds is 8. The summed E-state index contributed by atoms with van der Waals surface area (Å²) in [4.78, 5) is 11.3. The molecule has 1 aliphatic heterocycles. The van der Waals surface area contributed by atoms with Gasteiger partial charge >= 0.3 is 6.01 Å². The van der Waals surface area contributed by atoms with E-state index < -0.39 is 5.82 Å². The van der Waals surface area contributed by atoms with Gasteiger partial charge < -0.3 is 24.4 Å². The fourth-order valence-corrected chi connectivity index (χ4v) is 3.72. The van der Waals surface area contributed by atoms with E-state index in [0.717, 1.165) is 37.1 Å². The van der Waals surface area contributed by atoms with E-state index >= 15 is 0 Å². The summed E-state index contributed by atoms with van der Waals surface area (Å²) in [7, 11) is 3.72. The van der Waals surface area contributed by atoms with Crippen molar-refractivity contribution in [2.75, 3.05) is 45.8 Å². The fourth-order valence-electron chi connectivity index (χ4n) is 3.54. The molecule has 0 atom stereocenters. The number of likely N-dealkylation sites (tertiary alicyclic amines) is 1. The number of anilines is 2. The highest BCUT2D eigenvalue weighted by molar-refractivity contribution is 6.31. The number of piperidine rings is 1. The van der Waals surface area contributed by atoms with Crippen LogP contribution in [0.3, 0.4) is 0 Å². The Hall–Kier alpha value is -2.68. The predicted molar refractivity (Wildman–Crippen MR) is 123 cm³/mol. The number of hydrogen-bond donors (Lipinski definition) is 1. The molecular formula is C23H26ClFN4O3. The molecule has 170 valence electrons. The van der Waals surface area contributed by atoms with Gasteiger partial charge in [0.05, 0.1) is 17.1 Å². The van der Waals surface area contributed by atoms with Crippen molar-refractivity contribution in [2.24, 2.45) is 0 Å². The first-order chi connectivity index (χ1) is 15.5. The second-order valence-corrected chi connectivity index (χ2v) is 8.16. The molecule has 3 aromatic rings. The lowest BCUT2D eigenvalue weighted by molar-refractivity contribution is 0.114. The van der Waals surface area contributed by atoms with Gasteiger partial charge in [0.2, 0.25) is 0 Å². The average Bonchev–Trinajstić information content (AvgIpc) is 2.78. The Morgan fingerprint density at radius 3 is 2.69 bits per heavy atom. The molecule has 0 aliphatic carbocycles. The maximum Gasteiger partial charge on any atom is 0.319 e. The fraction of sp³-hybridized carbons (Fsp3) is 0.391. The van der Waals surface area contributed by atoms with E-state index in [1.807, 2.05) is 18.2 Å². The molecule has 1 saturated heterocycles. The van der Waals surface area contributed by atoms with Crippen LogP contribution < -0.4 is 14.8 Å². The second-order valence-electron chi connectivity index (χ2n) is 7.75. The van der Waals surface area contributed by atoms with Crippen LogP contribution in [0.1, 0.15) is 12.8 Å². The van der Waals surface area contributed by atoms with Crippen LogP contribution in [-0.2, 0) is 4.74 Å². The molecule has 9 heteroatoms. The van der Waals surface area contributed by atoms with Gasteiger partial charge in [-0.05, 0) is 56.3 Å². The summed E-state index contributed by atoms with van der Waals surface area (Å²) in [5.41, 5.74) is 1.29. The number of hydrogen-bond acceptors (Lipinski definition) is 7. The summed E-state index contributed by atoms with van der Waals surface area (Å²) in [6.07, 6.45) is 2.14. The lowest BCUT2D eigenvalue weighted by Crippen LogP contribution is -2.35. The predicted octanol–water partition coefficient (Wildman–Crippen LogP) is 4.66. The number of nitrogens with zero attached hydrogens (tertiary/aromatic N) is 3. The highest BCUT2D eigenvalue weighted by Crippen LogP contribution is 2.31. The zero-order valence-corrected chi connectivity index (χ0v) is 18.9. The van der Waals surface area contributed by atoms with E-state index in [0.29, 0.717) is 30.2 Å². The van der Waals surface area contributed by atoms with Crippen molar-refractivity contribution >= 4 is 34.0 Å². The first-order valence-corrected chi connectivity index (χ1v) is 10.9. The number of nitrogens with one attached hydrogen (secondary N) is 1. The molecule has 2 aromatic carbocycles. The first kappa shape index (κ1) is 22.5. The van der Waals surface area contributed by atoms with Gasteiger partial charge in [-0.1, -0.05) is 11.6 Å². The number of ether oxygens (including phenoxy) is 3. The molecule has 0 unspecified atom stereocenters. The van der Waals surface area contributed by atoms with Gasteiger partial charge in [0.25, 0.3) is 0 Å². The molecule has 1 aliphatic rings. The topological polar surface area (TPSA) is 68.7 Å². The summed E-state index contributed by atoms with van der Waals surface area (Å²) in [5.74, 6) is 0.782. The van der Waals surface area contributed by atoms with E-state index in [2.05, 4.69) is 27.2 Å². The molecule has 7 nitrogen and oxygen atoms in total. The molecule has 1 aromatic heterocycles. The first-order valence-electron chi connectivity index (χ1n) is 10.5. The van der Waals surface area contributed by atoms with Crippen LogP contribution in [0.5, 0.6) is 11.8 Å². The number of halogens is 2. The Labute approximate surface area is 191 Å². The van der Waals surface area contributed by atoms with Crippen LogP contribution in [0.15, 0.2) is 36.4 Å². The second kappa shape index (κ2) is 10.3. The molecule has 4 rings (SSSR count). The third-order valence-corrected chi connectivity index (χ3v) is 5.61. The Kier molecular flexibility index (Phi) is 7.24. The van der Waals surface area contributed by atoms with E-state index in [9.17, 15) is 4.39 Å². The van der Waals surface area contributed by atoms with Gasteiger partial charge in [-0.2, -0.15) is 9.97 Å². The highest BCUT2D eigenvalue weighted by Gasteiger charge is 2.19. The van der Waals surface area contributed by atoms with E-state index in [1.54, 1.807) is 13.2 Å². The lowest BCUT2D eigenvalue weighted by Gasteiger charge is -2.29.